The van der Waals surface area contributed by atoms with Crippen LogP contribution in [0.2, 0.25) is 0 Å². The lowest BCUT2D eigenvalue weighted by atomic mass is 9.80. The Kier molecular flexibility index (Phi) is 4.42. The Balaban J connectivity index is 1.47. The first-order chi connectivity index (χ1) is 9.27. The van der Waals surface area contributed by atoms with Crippen LogP contribution in [0.15, 0.2) is 0 Å². The Bertz CT molecular complexity index is 285. The summed E-state index contributed by atoms with van der Waals surface area (Å²) < 4.78 is 17.2. The molecule has 4 unspecified atom stereocenters. The van der Waals surface area contributed by atoms with Gasteiger partial charge in [0.05, 0.1) is 18.3 Å². The monoisotopic (exact) mass is 269 g/mol. The fourth-order valence-corrected chi connectivity index (χ4v) is 3.78. The molecule has 3 aliphatic rings. The second-order valence-electron chi connectivity index (χ2n) is 6.46. The third-order valence-electron chi connectivity index (χ3n) is 5.05. The minimum Gasteiger partial charge on any atom is -0.378 e. The normalized spacial score (nSPS) is 40.9. The van der Waals surface area contributed by atoms with Crippen molar-refractivity contribution in [1.82, 2.24) is 0 Å². The zero-order chi connectivity index (χ0) is 13.1. The lowest BCUT2D eigenvalue weighted by Crippen LogP contribution is -2.45. The zero-order valence-corrected chi connectivity index (χ0v) is 11.8. The van der Waals surface area contributed by atoms with E-state index in [1.165, 1.54) is 12.8 Å². The molecular weight excluding hydrogens is 242 g/mol. The number of hydrogen-bond acceptors (Lipinski definition) is 4. The molecule has 0 aromatic carbocycles. The SMILES string of the molecule is NC(CCC1CCCO1)C1CCOC2(CCOC2)C1. The van der Waals surface area contributed by atoms with Crippen LogP contribution in [0.3, 0.4) is 0 Å². The van der Waals surface area contributed by atoms with Crippen LogP contribution < -0.4 is 5.73 Å². The van der Waals surface area contributed by atoms with Crippen LogP contribution in [0, 0.1) is 5.92 Å². The first-order valence-electron chi connectivity index (χ1n) is 7.86. The van der Waals surface area contributed by atoms with Gasteiger partial charge in [-0.15, -0.1) is 0 Å². The summed E-state index contributed by atoms with van der Waals surface area (Å²) in [6.45, 7) is 3.40. The fourth-order valence-electron chi connectivity index (χ4n) is 3.78. The van der Waals surface area contributed by atoms with Gasteiger partial charge in [-0.05, 0) is 44.4 Å². The molecule has 4 nitrogen and oxygen atoms in total. The molecule has 0 aromatic rings. The molecule has 0 aromatic heterocycles. The van der Waals surface area contributed by atoms with Gasteiger partial charge in [0.1, 0.15) is 0 Å². The number of rotatable bonds is 4. The lowest BCUT2D eigenvalue weighted by molar-refractivity contribution is -0.102. The van der Waals surface area contributed by atoms with Crippen LogP contribution in [0.25, 0.3) is 0 Å². The van der Waals surface area contributed by atoms with Crippen LogP contribution in [-0.4, -0.2) is 44.2 Å². The largest absolute Gasteiger partial charge is 0.378 e. The first-order valence-corrected chi connectivity index (χ1v) is 7.86. The van der Waals surface area contributed by atoms with Crippen LogP contribution in [0.1, 0.15) is 44.9 Å². The number of nitrogens with two attached hydrogens (primary N) is 1. The van der Waals surface area contributed by atoms with Crippen molar-refractivity contribution >= 4 is 0 Å². The summed E-state index contributed by atoms with van der Waals surface area (Å²) in [6.07, 6.45) is 8.36. The predicted molar refractivity (Wildman–Crippen MR) is 73.0 cm³/mol. The standard InChI is InChI=1S/C15H27NO3/c16-14(4-3-13-2-1-7-18-13)12-5-8-19-15(10-12)6-9-17-11-15/h12-14H,1-11,16H2. The molecule has 19 heavy (non-hydrogen) atoms. The van der Waals surface area contributed by atoms with Crippen LogP contribution in [-0.2, 0) is 14.2 Å². The second-order valence-corrected chi connectivity index (χ2v) is 6.46. The van der Waals surface area contributed by atoms with Crippen molar-refractivity contribution in [3.05, 3.63) is 0 Å². The third-order valence-corrected chi connectivity index (χ3v) is 5.05. The molecule has 110 valence electrons. The Morgan fingerprint density at radius 1 is 1.21 bits per heavy atom. The Labute approximate surface area is 116 Å². The topological polar surface area (TPSA) is 53.7 Å². The molecule has 0 radical (unpaired) electrons. The van der Waals surface area contributed by atoms with E-state index in [2.05, 4.69) is 0 Å². The van der Waals surface area contributed by atoms with Gasteiger partial charge in [0.15, 0.2) is 0 Å². The maximum atomic E-state index is 6.43. The molecule has 0 amide bonds. The Morgan fingerprint density at radius 3 is 2.89 bits per heavy atom. The molecular formula is C15H27NO3. The van der Waals surface area contributed by atoms with E-state index in [4.69, 9.17) is 19.9 Å². The van der Waals surface area contributed by atoms with Gasteiger partial charge < -0.3 is 19.9 Å². The van der Waals surface area contributed by atoms with Crippen molar-refractivity contribution in [3.8, 4) is 0 Å². The van der Waals surface area contributed by atoms with Crippen molar-refractivity contribution in [2.75, 3.05) is 26.4 Å². The summed E-state index contributed by atoms with van der Waals surface area (Å²) in [5.74, 6) is 0.594. The maximum Gasteiger partial charge on any atom is 0.0939 e. The summed E-state index contributed by atoms with van der Waals surface area (Å²) in [4.78, 5) is 0. The molecule has 0 aliphatic carbocycles. The van der Waals surface area contributed by atoms with Gasteiger partial charge >= 0.3 is 0 Å². The predicted octanol–water partition coefficient (Wildman–Crippen LogP) is 1.86. The highest BCUT2D eigenvalue weighted by atomic mass is 16.6. The molecule has 3 aliphatic heterocycles. The molecule has 3 fully saturated rings. The van der Waals surface area contributed by atoms with E-state index in [0.717, 1.165) is 58.5 Å². The molecule has 4 heteroatoms. The highest BCUT2D eigenvalue weighted by molar-refractivity contribution is 4.93. The number of ether oxygens (including phenoxy) is 3. The molecule has 0 saturated carbocycles. The van der Waals surface area contributed by atoms with E-state index in [1.807, 2.05) is 0 Å². The summed E-state index contributed by atoms with van der Waals surface area (Å²) in [5.41, 5.74) is 6.42. The average Bonchev–Trinajstić information content (AvgIpc) is 3.08. The maximum absolute atomic E-state index is 6.43. The second kappa shape index (κ2) is 6.08. The Hall–Kier alpha value is -0.160. The number of hydrogen-bond donors (Lipinski definition) is 1. The van der Waals surface area contributed by atoms with Crippen LogP contribution in [0.5, 0.6) is 0 Å². The molecule has 3 rings (SSSR count). The average molecular weight is 269 g/mol. The summed E-state index contributed by atoms with van der Waals surface area (Å²) in [5, 5.41) is 0. The van der Waals surface area contributed by atoms with E-state index < -0.39 is 0 Å². The minimum absolute atomic E-state index is 0.00953. The summed E-state index contributed by atoms with van der Waals surface area (Å²) in [7, 11) is 0. The van der Waals surface area contributed by atoms with Crippen molar-refractivity contribution in [2.45, 2.75) is 62.7 Å². The fraction of sp³-hybridized carbons (Fsp3) is 1.00. The van der Waals surface area contributed by atoms with Gasteiger partial charge in [-0.2, -0.15) is 0 Å². The smallest absolute Gasteiger partial charge is 0.0939 e. The van der Waals surface area contributed by atoms with E-state index >= 15 is 0 Å². The van der Waals surface area contributed by atoms with Crippen molar-refractivity contribution in [3.63, 3.8) is 0 Å². The first kappa shape index (κ1) is 13.8. The van der Waals surface area contributed by atoms with Gasteiger partial charge in [-0.25, -0.2) is 0 Å². The van der Waals surface area contributed by atoms with Gasteiger partial charge in [0.2, 0.25) is 0 Å². The lowest BCUT2D eigenvalue weighted by Gasteiger charge is -2.39. The zero-order valence-electron chi connectivity index (χ0n) is 11.8. The van der Waals surface area contributed by atoms with E-state index in [1.54, 1.807) is 0 Å². The highest BCUT2D eigenvalue weighted by Gasteiger charge is 2.42. The highest BCUT2D eigenvalue weighted by Crippen LogP contribution is 2.37. The quantitative estimate of drug-likeness (QED) is 0.846. The molecule has 0 bridgehead atoms. The molecule has 2 N–H and O–H groups in total. The molecule has 1 spiro atoms. The van der Waals surface area contributed by atoms with Crippen molar-refractivity contribution in [2.24, 2.45) is 11.7 Å². The van der Waals surface area contributed by atoms with Gasteiger partial charge in [0, 0.05) is 32.3 Å². The molecule has 3 saturated heterocycles. The molecule has 4 atom stereocenters. The van der Waals surface area contributed by atoms with E-state index in [9.17, 15) is 0 Å². The molecule has 3 heterocycles. The van der Waals surface area contributed by atoms with Gasteiger partial charge in [-0.3, -0.25) is 0 Å². The van der Waals surface area contributed by atoms with Crippen LogP contribution >= 0.6 is 0 Å². The van der Waals surface area contributed by atoms with E-state index in [0.29, 0.717) is 18.1 Å². The summed E-state index contributed by atoms with van der Waals surface area (Å²) >= 11 is 0. The van der Waals surface area contributed by atoms with Crippen LogP contribution in [0.4, 0.5) is 0 Å². The summed E-state index contributed by atoms with van der Waals surface area (Å²) in [6, 6.07) is 0.297. The van der Waals surface area contributed by atoms with E-state index in [-0.39, 0.29) is 5.60 Å². The third kappa shape index (κ3) is 3.30. The van der Waals surface area contributed by atoms with Crippen molar-refractivity contribution in [1.29, 1.82) is 0 Å². The van der Waals surface area contributed by atoms with Crippen molar-refractivity contribution < 1.29 is 14.2 Å². The van der Waals surface area contributed by atoms with Gasteiger partial charge in [0.25, 0.3) is 0 Å². The minimum atomic E-state index is -0.00953. The van der Waals surface area contributed by atoms with Gasteiger partial charge in [-0.1, -0.05) is 0 Å². The Morgan fingerprint density at radius 2 is 2.16 bits per heavy atom.